The lowest BCUT2D eigenvalue weighted by atomic mass is 10.0. The van der Waals surface area contributed by atoms with Crippen molar-refractivity contribution >= 4 is 23.3 Å². The van der Waals surface area contributed by atoms with Crippen LogP contribution in [0.25, 0.3) is 0 Å². The summed E-state index contributed by atoms with van der Waals surface area (Å²) in [4.78, 5) is 28.6. The van der Waals surface area contributed by atoms with Crippen LogP contribution in [0.15, 0.2) is 12.1 Å². The Balaban J connectivity index is 1.83. The molecule has 2 atom stereocenters. The number of urea groups is 1. The molecule has 27 heavy (non-hydrogen) atoms. The molecule has 2 fully saturated rings. The average Bonchev–Trinajstić information content (AvgIpc) is 3.09. The highest BCUT2D eigenvalue weighted by Crippen LogP contribution is 2.33. The number of amides is 3. The molecule has 3 rings (SSSR count). The number of hydrogen-bond donors (Lipinski definition) is 2. The Hall–Kier alpha value is -2.42. The zero-order chi connectivity index (χ0) is 19.7. The largest absolute Gasteiger partial charge is 0.367 e. The van der Waals surface area contributed by atoms with Gasteiger partial charge >= 0.3 is 6.03 Å². The van der Waals surface area contributed by atoms with E-state index < -0.39 is 29.6 Å². The number of nitrogens with zero attached hydrogens (tertiary/aromatic N) is 3. The van der Waals surface area contributed by atoms with E-state index in [1.807, 2.05) is 19.0 Å². The van der Waals surface area contributed by atoms with Crippen LogP contribution in [-0.4, -0.2) is 62.7 Å². The second-order valence-corrected chi connectivity index (χ2v) is 7.28. The van der Waals surface area contributed by atoms with E-state index in [0.717, 1.165) is 6.42 Å². The first-order chi connectivity index (χ1) is 12.8. The fourth-order valence-electron chi connectivity index (χ4n) is 3.78. The van der Waals surface area contributed by atoms with Gasteiger partial charge in [-0.2, -0.15) is 0 Å². The first kappa shape index (κ1) is 19.3. The standard InChI is InChI=1S/C18H25F2N5O2/c1-23(2)11-7-9-24(10-11)13-5-6-14(16(20)15(13)19)25-8-3-4-12(17(25)26)22-18(21)27/h5-6,11-12H,3-4,7-10H2,1-2H3,(H3,21,22,27)/t11?,12-/m1/s1. The Kier molecular flexibility index (Phi) is 5.50. The highest BCUT2D eigenvalue weighted by atomic mass is 19.2. The van der Waals surface area contributed by atoms with Gasteiger partial charge in [-0.3, -0.25) is 4.79 Å². The molecule has 9 heteroatoms. The Morgan fingerprint density at radius 3 is 2.48 bits per heavy atom. The highest BCUT2D eigenvalue weighted by molar-refractivity contribution is 5.99. The molecule has 3 amide bonds. The van der Waals surface area contributed by atoms with Crippen molar-refractivity contribution in [1.82, 2.24) is 10.2 Å². The third kappa shape index (κ3) is 3.83. The van der Waals surface area contributed by atoms with E-state index in [1.165, 1.54) is 17.0 Å². The number of carbonyl (C=O) groups excluding carboxylic acids is 2. The van der Waals surface area contributed by atoms with Crippen LogP contribution < -0.4 is 20.9 Å². The summed E-state index contributed by atoms with van der Waals surface area (Å²) in [6.07, 6.45) is 1.84. The maximum absolute atomic E-state index is 14.8. The van der Waals surface area contributed by atoms with E-state index in [0.29, 0.717) is 25.9 Å². The molecular weight excluding hydrogens is 356 g/mol. The fourth-order valence-corrected chi connectivity index (χ4v) is 3.78. The molecule has 0 saturated carbocycles. The van der Waals surface area contributed by atoms with Gasteiger partial charge in [0.25, 0.3) is 0 Å². The number of rotatable bonds is 4. The van der Waals surface area contributed by atoms with E-state index in [-0.39, 0.29) is 24.0 Å². The first-order valence-corrected chi connectivity index (χ1v) is 9.06. The summed E-state index contributed by atoms with van der Waals surface area (Å²) in [6, 6.07) is 1.60. The van der Waals surface area contributed by atoms with E-state index >= 15 is 0 Å². The Labute approximate surface area is 157 Å². The number of carbonyl (C=O) groups is 2. The number of halogens is 2. The minimum Gasteiger partial charge on any atom is -0.367 e. The number of likely N-dealkylation sites (N-methyl/N-ethyl adjacent to an activating group) is 1. The van der Waals surface area contributed by atoms with Gasteiger partial charge < -0.3 is 25.8 Å². The van der Waals surface area contributed by atoms with Crippen LogP contribution in [0.5, 0.6) is 0 Å². The second-order valence-electron chi connectivity index (χ2n) is 7.28. The summed E-state index contributed by atoms with van der Waals surface area (Å²) in [6.45, 7) is 1.53. The van der Waals surface area contributed by atoms with E-state index in [1.54, 1.807) is 0 Å². The Morgan fingerprint density at radius 2 is 1.85 bits per heavy atom. The van der Waals surface area contributed by atoms with Crippen molar-refractivity contribution in [3.8, 4) is 0 Å². The second kappa shape index (κ2) is 7.67. The van der Waals surface area contributed by atoms with Crippen molar-refractivity contribution in [2.75, 3.05) is 43.5 Å². The van der Waals surface area contributed by atoms with Gasteiger partial charge in [0.15, 0.2) is 11.6 Å². The van der Waals surface area contributed by atoms with Crippen molar-refractivity contribution in [3.63, 3.8) is 0 Å². The molecule has 0 radical (unpaired) electrons. The molecule has 2 saturated heterocycles. The fraction of sp³-hybridized carbons (Fsp3) is 0.556. The predicted molar refractivity (Wildman–Crippen MR) is 98.8 cm³/mol. The Bertz CT molecular complexity index is 743. The van der Waals surface area contributed by atoms with Crippen molar-refractivity contribution in [3.05, 3.63) is 23.8 Å². The normalized spacial score (nSPS) is 23.2. The topological polar surface area (TPSA) is 81.9 Å². The zero-order valence-electron chi connectivity index (χ0n) is 15.5. The van der Waals surface area contributed by atoms with Gasteiger partial charge in [0.2, 0.25) is 5.91 Å². The summed E-state index contributed by atoms with van der Waals surface area (Å²) < 4.78 is 29.6. The van der Waals surface area contributed by atoms with Gasteiger partial charge in [-0.1, -0.05) is 0 Å². The van der Waals surface area contributed by atoms with Gasteiger partial charge in [-0.25, -0.2) is 13.6 Å². The summed E-state index contributed by atoms with van der Waals surface area (Å²) >= 11 is 0. The predicted octanol–water partition coefficient (Wildman–Crippen LogP) is 1.27. The SMILES string of the molecule is CN(C)C1CCN(c2ccc(N3CCC[C@@H](NC(N)=O)C3=O)c(F)c2F)C1. The van der Waals surface area contributed by atoms with Crippen LogP contribution in [0, 0.1) is 11.6 Å². The molecule has 7 nitrogen and oxygen atoms in total. The van der Waals surface area contributed by atoms with E-state index in [2.05, 4.69) is 10.2 Å². The third-order valence-corrected chi connectivity index (χ3v) is 5.32. The van der Waals surface area contributed by atoms with Crippen molar-refractivity contribution in [2.45, 2.75) is 31.3 Å². The minimum absolute atomic E-state index is 0.111. The summed E-state index contributed by atoms with van der Waals surface area (Å²) in [5, 5.41) is 2.36. The summed E-state index contributed by atoms with van der Waals surface area (Å²) in [5.41, 5.74) is 5.18. The summed E-state index contributed by atoms with van der Waals surface area (Å²) in [7, 11) is 3.93. The monoisotopic (exact) mass is 381 g/mol. The van der Waals surface area contributed by atoms with Crippen LogP contribution in [0.4, 0.5) is 25.0 Å². The maximum atomic E-state index is 14.8. The molecular formula is C18H25F2N5O2. The number of nitrogens with one attached hydrogen (secondary N) is 1. The molecule has 0 spiro atoms. The number of hydrogen-bond acceptors (Lipinski definition) is 4. The molecule has 1 aromatic rings. The van der Waals surface area contributed by atoms with Crippen LogP contribution >= 0.6 is 0 Å². The van der Waals surface area contributed by atoms with Crippen LogP contribution in [-0.2, 0) is 4.79 Å². The number of piperidine rings is 1. The molecule has 0 bridgehead atoms. The molecule has 3 N–H and O–H groups in total. The average molecular weight is 381 g/mol. The number of anilines is 2. The highest BCUT2D eigenvalue weighted by Gasteiger charge is 2.34. The number of primary amides is 1. The molecule has 1 aromatic carbocycles. The third-order valence-electron chi connectivity index (χ3n) is 5.32. The summed E-state index contributed by atoms with van der Waals surface area (Å²) in [5.74, 6) is -2.49. The van der Waals surface area contributed by atoms with Crippen LogP contribution in [0.1, 0.15) is 19.3 Å². The number of nitrogens with two attached hydrogens (primary N) is 1. The quantitative estimate of drug-likeness (QED) is 0.823. The first-order valence-electron chi connectivity index (χ1n) is 9.06. The van der Waals surface area contributed by atoms with Gasteiger partial charge in [-0.15, -0.1) is 0 Å². The van der Waals surface area contributed by atoms with Crippen LogP contribution in [0.2, 0.25) is 0 Å². The molecule has 1 unspecified atom stereocenters. The molecule has 2 aliphatic rings. The maximum Gasteiger partial charge on any atom is 0.312 e. The van der Waals surface area contributed by atoms with E-state index in [4.69, 9.17) is 5.73 Å². The Morgan fingerprint density at radius 1 is 1.19 bits per heavy atom. The van der Waals surface area contributed by atoms with Crippen LogP contribution in [0.3, 0.4) is 0 Å². The van der Waals surface area contributed by atoms with Crippen molar-refractivity contribution < 1.29 is 18.4 Å². The molecule has 2 aliphatic heterocycles. The van der Waals surface area contributed by atoms with Crippen molar-refractivity contribution in [2.24, 2.45) is 5.73 Å². The molecule has 2 heterocycles. The minimum atomic E-state index is -1.05. The number of benzene rings is 1. The molecule has 0 aromatic heterocycles. The van der Waals surface area contributed by atoms with Gasteiger partial charge in [-0.05, 0) is 45.5 Å². The smallest absolute Gasteiger partial charge is 0.312 e. The zero-order valence-corrected chi connectivity index (χ0v) is 15.5. The van der Waals surface area contributed by atoms with E-state index in [9.17, 15) is 18.4 Å². The van der Waals surface area contributed by atoms with Gasteiger partial charge in [0.1, 0.15) is 6.04 Å². The molecule has 0 aliphatic carbocycles. The lowest BCUT2D eigenvalue weighted by Crippen LogP contribution is -2.53. The molecule has 148 valence electrons. The van der Waals surface area contributed by atoms with Gasteiger partial charge in [0, 0.05) is 25.7 Å². The van der Waals surface area contributed by atoms with Gasteiger partial charge in [0.05, 0.1) is 11.4 Å². The lowest BCUT2D eigenvalue weighted by molar-refractivity contribution is -0.121. The van der Waals surface area contributed by atoms with Crippen molar-refractivity contribution in [1.29, 1.82) is 0 Å². The lowest BCUT2D eigenvalue weighted by Gasteiger charge is -2.33.